The van der Waals surface area contributed by atoms with E-state index in [1.165, 1.54) is 24.6 Å². The van der Waals surface area contributed by atoms with E-state index in [9.17, 15) is 9.59 Å². The van der Waals surface area contributed by atoms with E-state index in [0.29, 0.717) is 24.7 Å². The Bertz CT molecular complexity index is 1070. The largest absolute Gasteiger partial charge is 0.494 e. The highest BCUT2D eigenvalue weighted by Gasteiger charge is 2.15. The number of benzene rings is 2. The molecule has 0 unspecified atom stereocenters. The van der Waals surface area contributed by atoms with Crippen molar-refractivity contribution < 1.29 is 23.5 Å². The zero-order valence-corrected chi connectivity index (χ0v) is 18.3. The Morgan fingerprint density at radius 2 is 1.24 bits per heavy atom. The molecule has 0 fully saturated rings. The van der Waals surface area contributed by atoms with E-state index in [-0.39, 0.29) is 11.5 Å². The smallest absolute Gasteiger partial charge is 0.307 e. The number of carbonyl (C=O) groups is 2. The Kier molecular flexibility index (Phi) is 8.35. The van der Waals surface area contributed by atoms with Gasteiger partial charge in [-0.05, 0) is 61.4 Å². The molecule has 0 aliphatic carbocycles. The molecule has 1 aromatic heterocycles. The molecule has 33 heavy (non-hydrogen) atoms. The normalized spacial score (nSPS) is 11.0. The van der Waals surface area contributed by atoms with Gasteiger partial charge < -0.3 is 13.9 Å². The molecule has 9 nitrogen and oxygen atoms in total. The highest BCUT2D eigenvalue weighted by atomic mass is 16.5. The number of nitrogens with one attached hydrogen (secondary N) is 2. The minimum atomic E-state index is -0.595. The lowest BCUT2D eigenvalue weighted by Crippen LogP contribution is -2.18. The van der Waals surface area contributed by atoms with Gasteiger partial charge in [0, 0.05) is 0 Å². The fourth-order valence-corrected chi connectivity index (χ4v) is 2.73. The predicted octanol–water partition coefficient (Wildman–Crippen LogP) is 3.60. The van der Waals surface area contributed by atoms with Gasteiger partial charge in [0.25, 0.3) is 0 Å². The number of hydrazone groups is 2. The average Bonchev–Trinajstić information content (AvgIpc) is 3.31. The SMILES string of the molecule is CCOc1cccc(C=NNC(=O)c2ccc(C(=O)NN=Cc3cccc(OCC)c3)o2)c1. The monoisotopic (exact) mass is 448 g/mol. The second-order valence-corrected chi connectivity index (χ2v) is 6.57. The maximum atomic E-state index is 12.2. The number of ether oxygens (including phenoxy) is 2. The van der Waals surface area contributed by atoms with Gasteiger partial charge in [0.1, 0.15) is 11.5 Å². The summed E-state index contributed by atoms with van der Waals surface area (Å²) in [4.78, 5) is 24.4. The molecule has 0 spiro atoms. The lowest BCUT2D eigenvalue weighted by atomic mass is 10.2. The first-order valence-corrected chi connectivity index (χ1v) is 10.3. The Hall–Kier alpha value is -4.40. The van der Waals surface area contributed by atoms with Crippen LogP contribution < -0.4 is 20.3 Å². The van der Waals surface area contributed by atoms with E-state index in [1.807, 2.05) is 50.2 Å². The van der Waals surface area contributed by atoms with E-state index in [4.69, 9.17) is 13.9 Å². The van der Waals surface area contributed by atoms with Crippen molar-refractivity contribution in [2.24, 2.45) is 10.2 Å². The molecule has 0 radical (unpaired) electrons. The van der Waals surface area contributed by atoms with Gasteiger partial charge in [-0.2, -0.15) is 10.2 Å². The molecule has 0 aliphatic rings. The number of carbonyl (C=O) groups excluding carboxylic acids is 2. The fourth-order valence-electron chi connectivity index (χ4n) is 2.73. The van der Waals surface area contributed by atoms with Crippen LogP contribution in [0.4, 0.5) is 0 Å². The molecular weight excluding hydrogens is 424 g/mol. The fraction of sp³-hybridized carbons (Fsp3) is 0.167. The quantitative estimate of drug-likeness (QED) is 0.363. The van der Waals surface area contributed by atoms with E-state index >= 15 is 0 Å². The van der Waals surface area contributed by atoms with Crippen LogP contribution in [-0.4, -0.2) is 37.5 Å². The number of furan rings is 1. The zero-order valence-electron chi connectivity index (χ0n) is 18.3. The van der Waals surface area contributed by atoms with Gasteiger partial charge in [0.15, 0.2) is 11.5 Å². The van der Waals surface area contributed by atoms with Crippen molar-refractivity contribution in [2.75, 3.05) is 13.2 Å². The lowest BCUT2D eigenvalue weighted by Gasteiger charge is -2.03. The van der Waals surface area contributed by atoms with Gasteiger partial charge in [-0.3, -0.25) is 9.59 Å². The van der Waals surface area contributed by atoms with Crippen molar-refractivity contribution in [3.05, 3.63) is 83.3 Å². The van der Waals surface area contributed by atoms with Gasteiger partial charge in [-0.15, -0.1) is 0 Å². The van der Waals surface area contributed by atoms with Gasteiger partial charge in [0.05, 0.1) is 25.6 Å². The minimum absolute atomic E-state index is 0.0613. The summed E-state index contributed by atoms with van der Waals surface area (Å²) in [6.45, 7) is 4.90. The summed E-state index contributed by atoms with van der Waals surface area (Å²) in [5.41, 5.74) is 6.22. The van der Waals surface area contributed by atoms with Crippen molar-refractivity contribution in [1.29, 1.82) is 0 Å². The van der Waals surface area contributed by atoms with Crippen molar-refractivity contribution >= 4 is 24.2 Å². The molecule has 0 saturated heterocycles. The minimum Gasteiger partial charge on any atom is -0.494 e. The molecule has 9 heteroatoms. The lowest BCUT2D eigenvalue weighted by molar-refractivity contribution is 0.0902. The summed E-state index contributed by atoms with van der Waals surface area (Å²) < 4.78 is 16.1. The zero-order chi connectivity index (χ0) is 23.5. The van der Waals surface area contributed by atoms with Crippen LogP contribution in [0.5, 0.6) is 11.5 Å². The molecule has 0 saturated carbocycles. The Labute approximate surface area is 191 Å². The van der Waals surface area contributed by atoms with Crippen molar-refractivity contribution in [1.82, 2.24) is 10.9 Å². The van der Waals surface area contributed by atoms with Gasteiger partial charge in [-0.1, -0.05) is 24.3 Å². The van der Waals surface area contributed by atoms with Gasteiger partial charge >= 0.3 is 11.8 Å². The van der Waals surface area contributed by atoms with Crippen LogP contribution in [0.1, 0.15) is 46.1 Å². The first kappa shape index (κ1) is 23.3. The molecule has 3 aromatic rings. The summed E-state index contributed by atoms with van der Waals surface area (Å²) in [5.74, 6) is 0.103. The third kappa shape index (κ3) is 7.06. The molecule has 0 bridgehead atoms. The van der Waals surface area contributed by atoms with E-state index in [1.54, 1.807) is 12.1 Å². The molecule has 3 rings (SSSR count). The Balaban J connectivity index is 1.53. The van der Waals surface area contributed by atoms with Crippen molar-refractivity contribution in [2.45, 2.75) is 13.8 Å². The number of nitrogens with zero attached hydrogens (tertiary/aromatic N) is 2. The first-order valence-electron chi connectivity index (χ1n) is 10.3. The molecule has 0 aliphatic heterocycles. The summed E-state index contributed by atoms with van der Waals surface area (Å²) in [6.07, 6.45) is 2.96. The highest BCUT2D eigenvalue weighted by Crippen LogP contribution is 2.13. The van der Waals surface area contributed by atoms with Crippen molar-refractivity contribution in [3.63, 3.8) is 0 Å². The number of hydrogen-bond acceptors (Lipinski definition) is 7. The van der Waals surface area contributed by atoms with E-state index in [2.05, 4.69) is 21.1 Å². The summed E-state index contributed by atoms with van der Waals surface area (Å²) >= 11 is 0. The maximum absolute atomic E-state index is 12.2. The van der Waals surface area contributed by atoms with E-state index in [0.717, 1.165) is 11.1 Å². The van der Waals surface area contributed by atoms with Crippen LogP contribution in [0.25, 0.3) is 0 Å². The molecule has 2 aromatic carbocycles. The maximum Gasteiger partial charge on any atom is 0.307 e. The van der Waals surface area contributed by atoms with Gasteiger partial charge in [-0.25, -0.2) is 10.9 Å². The Morgan fingerprint density at radius 1 is 0.788 bits per heavy atom. The summed E-state index contributed by atoms with van der Waals surface area (Å²) in [5, 5.41) is 7.80. The summed E-state index contributed by atoms with van der Waals surface area (Å²) in [7, 11) is 0. The number of hydrogen-bond donors (Lipinski definition) is 2. The molecular formula is C24H24N4O5. The first-order chi connectivity index (χ1) is 16.1. The standard InChI is InChI=1S/C24H24N4O5/c1-3-31-19-9-5-7-17(13-19)15-25-27-23(29)21-11-12-22(33-21)24(30)28-26-16-18-8-6-10-20(14-18)32-4-2/h5-16H,3-4H2,1-2H3,(H,27,29)(H,28,30). The highest BCUT2D eigenvalue weighted by molar-refractivity contribution is 5.96. The van der Waals surface area contributed by atoms with Gasteiger partial charge in [0.2, 0.25) is 0 Å². The van der Waals surface area contributed by atoms with Crippen LogP contribution in [0.15, 0.2) is 75.3 Å². The van der Waals surface area contributed by atoms with Crippen LogP contribution in [0, 0.1) is 0 Å². The topological polar surface area (TPSA) is 115 Å². The van der Waals surface area contributed by atoms with Crippen molar-refractivity contribution in [3.8, 4) is 11.5 Å². The average molecular weight is 448 g/mol. The predicted molar refractivity (Wildman–Crippen MR) is 124 cm³/mol. The summed E-state index contributed by atoms with van der Waals surface area (Å²) in [6, 6.07) is 17.3. The Morgan fingerprint density at radius 3 is 1.67 bits per heavy atom. The number of amides is 2. The van der Waals surface area contributed by atoms with Crippen LogP contribution in [0.2, 0.25) is 0 Å². The third-order valence-electron chi connectivity index (χ3n) is 4.15. The molecule has 1 heterocycles. The number of rotatable bonds is 10. The second kappa shape index (κ2) is 11.8. The van der Waals surface area contributed by atoms with Crippen LogP contribution in [0.3, 0.4) is 0 Å². The van der Waals surface area contributed by atoms with Crippen LogP contribution in [-0.2, 0) is 0 Å². The molecule has 0 atom stereocenters. The van der Waals surface area contributed by atoms with Crippen LogP contribution >= 0.6 is 0 Å². The third-order valence-corrected chi connectivity index (χ3v) is 4.15. The molecule has 2 N–H and O–H groups in total. The second-order valence-electron chi connectivity index (χ2n) is 6.57. The molecule has 2 amide bonds. The van der Waals surface area contributed by atoms with E-state index < -0.39 is 11.8 Å². The molecule has 170 valence electrons.